The molecule has 1 aliphatic heterocycles. The molecule has 0 saturated carbocycles. The molecule has 1 saturated heterocycles. The fourth-order valence-electron chi connectivity index (χ4n) is 3.39. The molecule has 1 N–H and O–H groups in total. The normalized spacial score (nSPS) is 21.1. The van der Waals surface area contributed by atoms with E-state index in [4.69, 9.17) is 4.74 Å². The number of aldehydes is 1. The Morgan fingerprint density at radius 2 is 2.04 bits per heavy atom. The largest absolute Gasteiger partial charge is 0.444 e. The van der Waals surface area contributed by atoms with E-state index in [0.29, 0.717) is 18.7 Å². The summed E-state index contributed by atoms with van der Waals surface area (Å²) in [6.07, 6.45) is 3.99. The lowest BCUT2D eigenvalue weighted by atomic mass is 10.1. The highest BCUT2D eigenvalue weighted by Gasteiger charge is 2.35. The second-order valence-electron chi connectivity index (χ2n) is 7.90. The van der Waals surface area contributed by atoms with E-state index in [2.05, 4.69) is 21.8 Å². The first-order valence-corrected chi connectivity index (χ1v) is 8.89. The number of nitrogens with zero attached hydrogens (tertiary/aromatic N) is 3. The number of hydrogen-bond donors (Lipinski definition) is 1. The number of pyridine rings is 1. The van der Waals surface area contributed by atoms with Crippen molar-refractivity contribution in [3.63, 3.8) is 0 Å². The van der Waals surface area contributed by atoms with Gasteiger partial charge in [-0.1, -0.05) is 0 Å². The fourth-order valence-corrected chi connectivity index (χ4v) is 3.39. The van der Waals surface area contributed by atoms with Crippen molar-refractivity contribution in [1.82, 2.24) is 14.9 Å². The third kappa shape index (κ3) is 3.38. The van der Waals surface area contributed by atoms with Crippen LogP contribution in [0.2, 0.25) is 0 Å². The van der Waals surface area contributed by atoms with E-state index in [9.17, 15) is 9.59 Å². The number of fused-ring (bicyclic) bond motifs is 1. The Bertz CT molecular complexity index is 824. The molecule has 1 aliphatic rings. The second kappa shape index (κ2) is 6.63. The molecule has 140 valence electrons. The number of hydrogen-bond acceptors (Lipinski definition) is 5. The number of aromatic amines is 1. The van der Waals surface area contributed by atoms with E-state index < -0.39 is 5.60 Å². The van der Waals surface area contributed by atoms with Crippen molar-refractivity contribution in [2.75, 3.05) is 18.0 Å². The number of amides is 1. The maximum atomic E-state index is 12.5. The minimum Gasteiger partial charge on any atom is -0.444 e. The van der Waals surface area contributed by atoms with Crippen LogP contribution in [0.25, 0.3) is 10.9 Å². The molecule has 0 aliphatic carbocycles. The Morgan fingerprint density at radius 3 is 2.69 bits per heavy atom. The molecule has 2 aromatic heterocycles. The fraction of sp³-hybridized carbons (Fsp3) is 0.526. The predicted octanol–water partition coefficient (Wildman–Crippen LogP) is 3.21. The van der Waals surface area contributed by atoms with Gasteiger partial charge in [0.15, 0.2) is 6.29 Å². The lowest BCUT2D eigenvalue weighted by molar-refractivity contribution is 0.0130. The molecule has 2 aromatic rings. The van der Waals surface area contributed by atoms with E-state index in [-0.39, 0.29) is 18.2 Å². The van der Waals surface area contributed by atoms with E-state index in [1.807, 2.05) is 33.8 Å². The van der Waals surface area contributed by atoms with Crippen LogP contribution in [-0.2, 0) is 4.74 Å². The van der Waals surface area contributed by atoms with Gasteiger partial charge in [0.2, 0.25) is 0 Å². The number of H-pyrrole nitrogens is 1. The molecule has 1 amide bonds. The molecule has 0 aromatic carbocycles. The van der Waals surface area contributed by atoms with Gasteiger partial charge in [-0.3, -0.25) is 4.79 Å². The Hall–Kier alpha value is -2.57. The van der Waals surface area contributed by atoms with Crippen molar-refractivity contribution < 1.29 is 14.3 Å². The second-order valence-corrected chi connectivity index (χ2v) is 7.90. The van der Waals surface area contributed by atoms with Gasteiger partial charge in [-0.05, 0) is 40.7 Å². The zero-order chi connectivity index (χ0) is 19.1. The van der Waals surface area contributed by atoms with Gasteiger partial charge in [0.25, 0.3) is 0 Å². The van der Waals surface area contributed by atoms with Crippen LogP contribution >= 0.6 is 0 Å². The van der Waals surface area contributed by atoms with Crippen LogP contribution in [0.15, 0.2) is 18.5 Å². The Morgan fingerprint density at radius 1 is 1.31 bits per heavy atom. The average Bonchev–Trinajstić information content (AvgIpc) is 2.98. The number of piperazine rings is 1. The summed E-state index contributed by atoms with van der Waals surface area (Å²) in [4.78, 5) is 35.5. The standard InChI is InChI=1S/C19H26N4O3/c1-12-10-23(18(25)26-19(3,4)5)13(2)9-22(12)17-16-14(11-24)8-21-15(16)6-7-20-17/h6-8,11-13,21H,9-10H2,1-5H3/t12-,13+/m0/s1. The predicted molar refractivity (Wildman–Crippen MR) is 101 cm³/mol. The molecule has 1 fully saturated rings. The first-order valence-electron chi connectivity index (χ1n) is 8.89. The zero-order valence-electron chi connectivity index (χ0n) is 15.9. The van der Waals surface area contributed by atoms with Crippen LogP contribution in [0.5, 0.6) is 0 Å². The molecular formula is C19H26N4O3. The highest BCUT2D eigenvalue weighted by molar-refractivity contribution is 6.03. The smallest absolute Gasteiger partial charge is 0.410 e. The number of carbonyl (C=O) groups excluding carboxylic acids is 2. The van der Waals surface area contributed by atoms with Gasteiger partial charge >= 0.3 is 6.09 Å². The van der Waals surface area contributed by atoms with Crippen LogP contribution in [-0.4, -0.2) is 58.0 Å². The number of anilines is 1. The third-order valence-corrected chi connectivity index (χ3v) is 4.62. The molecule has 7 heteroatoms. The first-order chi connectivity index (χ1) is 12.2. The summed E-state index contributed by atoms with van der Waals surface area (Å²) in [5.41, 5.74) is 0.956. The van der Waals surface area contributed by atoms with Gasteiger partial charge < -0.3 is 19.5 Å². The number of aromatic nitrogens is 2. The summed E-state index contributed by atoms with van der Waals surface area (Å²) < 4.78 is 5.53. The SMILES string of the molecule is C[C@@H]1CN(c2nccc3[nH]cc(C=O)c23)[C@@H](C)CN1C(=O)OC(C)(C)C. The van der Waals surface area contributed by atoms with Crippen LogP contribution in [0, 0.1) is 0 Å². The molecule has 26 heavy (non-hydrogen) atoms. The van der Waals surface area contributed by atoms with Gasteiger partial charge in [-0.2, -0.15) is 0 Å². The number of ether oxygens (including phenoxy) is 1. The summed E-state index contributed by atoms with van der Waals surface area (Å²) in [7, 11) is 0. The summed E-state index contributed by atoms with van der Waals surface area (Å²) in [6.45, 7) is 10.8. The van der Waals surface area contributed by atoms with Crippen molar-refractivity contribution >= 4 is 29.1 Å². The zero-order valence-corrected chi connectivity index (χ0v) is 15.9. The van der Waals surface area contributed by atoms with Gasteiger partial charge in [0, 0.05) is 43.1 Å². The van der Waals surface area contributed by atoms with Gasteiger partial charge in [0.1, 0.15) is 11.4 Å². The Balaban J connectivity index is 1.88. The van der Waals surface area contributed by atoms with Crippen LogP contribution in [0.4, 0.5) is 10.6 Å². The topological polar surface area (TPSA) is 78.5 Å². The molecule has 3 heterocycles. The molecule has 7 nitrogen and oxygen atoms in total. The van der Waals surface area contributed by atoms with Gasteiger partial charge in [-0.15, -0.1) is 0 Å². The van der Waals surface area contributed by atoms with Crippen LogP contribution < -0.4 is 4.90 Å². The van der Waals surface area contributed by atoms with E-state index >= 15 is 0 Å². The molecule has 0 unspecified atom stereocenters. The number of carbonyl (C=O) groups is 2. The Kier molecular flexibility index (Phi) is 4.64. The first kappa shape index (κ1) is 18.2. The van der Waals surface area contributed by atoms with Crippen LogP contribution in [0.1, 0.15) is 45.0 Å². The molecule has 0 radical (unpaired) electrons. The highest BCUT2D eigenvalue weighted by atomic mass is 16.6. The summed E-state index contributed by atoms with van der Waals surface area (Å²) >= 11 is 0. The Labute approximate surface area is 153 Å². The molecule has 2 atom stereocenters. The van der Waals surface area contributed by atoms with Gasteiger partial charge in [-0.25, -0.2) is 9.78 Å². The molecule has 0 bridgehead atoms. The van der Waals surface area contributed by atoms with Crippen molar-refractivity contribution in [2.24, 2.45) is 0 Å². The maximum absolute atomic E-state index is 12.5. The van der Waals surface area contributed by atoms with Crippen molar-refractivity contribution in [3.8, 4) is 0 Å². The van der Waals surface area contributed by atoms with E-state index in [1.54, 1.807) is 17.3 Å². The van der Waals surface area contributed by atoms with E-state index in [0.717, 1.165) is 23.0 Å². The molecular weight excluding hydrogens is 332 g/mol. The lowest BCUT2D eigenvalue weighted by Gasteiger charge is -2.44. The van der Waals surface area contributed by atoms with Gasteiger partial charge in [0.05, 0.1) is 10.9 Å². The number of nitrogens with one attached hydrogen (secondary N) is 1. The summed E-state index contributed by atoms with van der Waals surface area (Å²) in [6, 6.07) is 1.87. The summed E-state index contributed by atoms with van der Waals surface area (Å²) in [5, 5.41) is 0.826. The minimum absolute atomic E-state index is 0.0308. The lowest BCUT2D eigenvalue weighted by Crippen LogP contribution is -2.59. The monoisotopic (exact) mass is 358 g/mol. The number of rotatable bonds is 2. The highest BCUT2D eigenvalue weighted by Crippen LogP contribution is 2.31. The molecule has 0 spiro atoms. The van der Waals surface area contributed by atoms with Crippen molar-refractivity contribution in [1.29, 1.82) is 0 Å². The van der Waals surface area contributed by atoms with Crippen molar-refractivity contribution in [3.05, 3.63) is 24.0 Å². The summed E-state index contributed by atoms with van der Waals surface area (Å²) in [5.74, 6) is 0.772. The van der Waals surface area contributed by atoms with Crippen molar-refractivity contribution in [2.45, 2.75) is 52.3 Å². The maximum Gasteiger partial charge on any atom is 0.410 e. The van der Waals surface area contributed by atoms with Crippen LogP contribution in [0.3, 0.4) is 0 Å². The molecule has 3 rings (SSSR count). The minimum atomic E-state index is -0.520. The van der Waals surface area contributed by atoms with E-state index in [1.165, 1.54) is 0 Å². The quantitative estimate of drug-likeness (QED) is 0.834. The average molecular weight is 358 g/mol. The third-order valence-electron chi connectivity index (χ3n) is 4.62.